The Morgan fingerprint density at radius 3 is 2.75 bits per heavy atom. The number of anilines is 2. The van der Waals surface area contributed by atoms with Crippen LogP contribution in [0.2, 0.25) is 0 Å². The Balaban J connectivity index is 1.40. The van der Waals surface area contributed by atoms with Gasteiger partial charge in [-0.2, -0.15) is 4.98 Å². The molecule has 3 aliphatic rings. The van der Waals surface area contributed by atoms with Crippen LogP contribution < -0.4 is 15.0 Å². The van der Waals surface area contributed by atoms with Crippen LogP contribution in [0.1, 0.15) is 24.8 Å². The summed E-state index contributed by atoms with van der Waals surface area (Å²) in [5, 5.41) is 11.9. The number of benzene rings is 1. The molecule has 0 unspecified atom stereocenters. The number of alkyl halides is 1. The van der Waals surface area contributed by atoms with Crippen LogP contribution in [-0.2, 0) is 4.74 Å². The van der Waals surface area contributed by atoms with Crippen LogP contribution in [0.15, 0.2) is 24.3 Å². The number of rotatable bonds is 7. The fraction of sp³-hybridized carbons (Fsp3) is 0.538. The monoisotopic (exact) mass is 502 g/mol. The van der Waals surface area contributed by atoms with Gasteiger partial charge in [-0.05, 0) is 61.1 Å². The molecule has 2 amide bonds. The lowest BCUT2D eigenvalue weighted by molar-refractivity contribution is 0.122. The van der Waals surface area contributed by atoms with E-state index in [2.05, 4.69) is 15.2 Å². The van der Waals surface area contributed by atoms with E-state index < -0.39 is 17.5 Å². The van der Waals surface area contributed by atoms with Gasteiger partial charge in [-0.25, -0.2) is 13.6 Å². The number of aryl methyl sites for hydroxylation is 1. The van der Waals surface area contributed by atoms with Crippen molar-refractivity contribution in [1.29, 1.82) is 0 Å². The van der Waals surface area contributed by atoms with Gasteiger partial charge in [0, 0.05) is 38.2 Å². The number of aliphatic hydroxyl groups is 1. The molecule has 5 rings (SSSR count). The number of amides is 2. The number of carbonyl (C=O) groups is 1. The van der Waals surface area contributed by atoms with Crippen molar-refractivity contribution in [3.63, 3.8) is 0 Å². The molecule has 1 saturated carbocycles. The lowest BCUT2D eigenvalue weighted by Crippen LogP contribution is -2.36. The normalized spacial score (nSPS) is 20.9. The second-order valence-corrected chi connectivity index (χ2v) is 9.77. The zero-order valence-corrected chi connectivity index (χ0v) is 20.4. The highest BCUT2D eigenvalue weighted by Gasteiger charge is 2.52. The molecular formula is C26H32F2N4O4. The first-order chi connectivity index (χ1) is 17.4. The summed E-state index contributed by atoms with van der Waals surface area (Å²) in [7, 11) is 0. The minimum absolute atomic E-state index is 0.0630. The number of ether oxygens (including phenoxy) is 2. The van der Waals surface area contributed by atoms with Crippen molar-refractivity contribution in [1.82, 2.24) is 9.88 Å². The number of likely N-dealkylation sites (tertiary alicyclic amines) is 1. The molecule has 194 valence electrons. The van der Waals surface area contributed by atoms with Gasteiger partial charge < -0.3 is 29.7 Å². The topological polar surface area (TPSA) is 87.2 Å². The highest BCUT2D eigenvalue weighted by molar-refractivity contribution is 5.91. The van der Waals surface area contributed by atoms with Gasteiger partial charge in [-0.15, -0.1) is 0 Å². The predicted molar refractivity (Wildman–Crippen MR) is 132 cm³/mol. The van der Waals surface area contributed by atoms with E-state index in [1.165, 1.54) is 6.07 Å². The van der Waals surface area contributed by atoms with Gasteiger partial charge in [0.1, 0.15) is 23.9 Å². The number of nitrogens with zero attached hydrogens (tertiary/aromatic N) is 3. The van der Waals surface area contributed by atoms with Crippen molar-refractivity contribution in [3.8, 4) is 17.0 Å². The maximum Gasteiger partial charge on any atom is 0.321 e. The molecule has 2 aromatic rings. The van der Waals surface area contributed by atoms with E-state index in [-0.39, 0.29) is 24.8 Å². The summed E-state index contributed by atoms with van der Waals surface area (Å²) in [4.78, 5) is 21.1. The summed E-state index contributed by atoms with van der Waals surface area (Å²) in [6.45, 7) is 5.09. The highest BCUT2D eigenvalue weighted by Crippen LogP contribution is 2.49. The number of hydrogen-bond acceptors (Lipinski definition) is 6. The second-order valence-electron chi connectivity index (χ2n) is 9.77. The second kappa shape index (κ2) is 10.2. The van der Waals surface area contributed by atoms with Gasteiger partial charge in [0.25, 0.3) is 0 Å². The van der Waals surface area contributed by atoms with E-state index in [0.717, 1.165) is 11.1 Å². The number of urea groups is 1. The maximum absolute atomic E-state index is 14.9. The Morgan fingerprint density at radius 2 is 2.03 bits per heavy atom. The van der Waals surface area contributed by atoms with Gasteiger partial charge in [0.2, 0.25) is 5.88 Å². The minimum atomic E-state index is -1.13. The molecule has 1 aliphatic carbocycles. The van der Waals surface area contributed by atoms with Crippen LogP contribution >= 0.6 is 0 Å². The lowest BCUT2D eigenvalue weighted by atomic mass is 10.00. The van der Waals surface area contributed by atoms with Crippen LogP contribution in [0.3, 0.4) is 0 Å². The van der Waals surface area contributed by atoms with Gasteiger partial charge in [0.15, 0.2) is 0 Å². The molecule has 0 bridgehead atoms. The lowest BCUT2D eigenvalue weighted by Gasteiger charge is -2.28. The van der Waals surface area contributed by atoms with Crippen LogP contribution in [-0.4, -0.2) is 79.3 Å². The smallest absolute Gasteiger partial charge is 0.321 e. The summed E-state index contributed by atoms with van der Waals surface area (Å²) < 4.78 is 40.4. The van der Waals surface area contributed by atoms with Crippen LogP contribution in [0.5, 0.6) is 5.88 Å². The Bertz CT molecular complexity index is 1120. The molecule has 1 aromatic carbocycles. The zero-order chi connectivity index (χ0) is 25.3. The van der Waals surface area contributed by atoms with Crippen molar-refractivity contribution in [3.05, 3.63) is 35.6 Å². The Labute approximate surface area is 209 Å². The summed E-state index contributed by atoms with van der Waals surface area (Å²) >= 11 is 0. The molecule has 2 N–H and O–H groups in total. The Hall–Kier alpha value is -2.98. The standard InChI is InChI=1S/C26H32F2N4O4/c1-17-12-21(27)22(29-25(34)32-5-2-19(16-32)26(28)3-4-26)15-20(17)18-13-23(31-6-9-35-10-7-31)30-24(14-18)36-11-8-33/h12-15,19,33H,2-11,16H2,1H3,(H,29,34)/t19-/m1/s1. The molecule has 1 aromatic heterocycles. The number of morpholine rings is 1. The number of pyridine rings is 1. The first-order valence-electron chi connectivity index (χ1n) is 12.5. The summed E-state index contributed by atoms with van der Waals surface area (Å²) in [6, 6.07) is 6.23. The van der Waals surface area contributed by atoms with E-state index in [1.807, 2.05) is 6.07 Å². The average molecular weight is 503 g/mol. The van der Waals surface area contributed by atoms with Crippen molar-refractivity contribution in [2.75, 3.05) is 62.8 Å². The SMILES string of the molecule is Cc1cc(F)c(NC(=O)N2CC[C@@H](C3(F)CC3)C2)cc1-c1cc(OCCO)nc(N2CCOCC2)c1. The Kier molecular flexibility index (Phi) is 6.98. The maximum atomic E-state index is 14.9. The van der Waals surface area contributed by atoms with E-state index in [0.29, 0.717) is 75.9 Å². The first-order valence-corrected chi connectivity index (χ1v) is 12.5. The van der Waals surface area contributed by atoms with Crippen molar-refractivity contribution in [2.45, 2.75) is 31.9 Å². The zero-order valence-electron chi connectivity index (χ0n) is 20.4. The number of aromatic nitrogens is 1. The van der Waals surface area contributed by atoms with Crippen LogP contribution in [0.25, 0.3) is 11.1 Å². The van der Waals surface area contributed by atoms with Crippen LogP contribution in [0, 0.1) is 18.7 Å². The third-order valence-electron chi connectivity index (χ3n) is 7.27. The van der Waals surface area contributed by atoms with E-state index in [4.69, 9.17) is 9.47 Å². The number of carbonyl (C=O) groups excluding carboxylic acids is 1. The quantitative estimate of drug-likeness (QED) is 0.600. The molecule has 3 heterocycles. The first kappa shape index (κ1) is 24.7. The van der Waals surface area contributed by atoms with Crippen molar-refractivity contribution < 1.29 is 28.2 Å². The number of halogens is 2. The molecule has 3 fully saturated rings. The molecule has 36 heavy (non-hydrogen) atoms. The van der Waals surface area contributed by atoms with E-state index >= 15 is 0 Å². The number of aliphatic hydroxyl groups excluding tert-OH is 1. The summed E-state index contributed by atoms with van der Waals surface area (Å²) in [5.41, 5.74) is 1.09. The number of hydrogen-bond donors (Lipinski definition) is 2. The Morgan fingerprint density at radius 1 is 1.25 bits per heavy atom. The van der Waals surface area contributed by atoms with E-state index in [9.17, 15) is 18.7 Å². The third-order valence-corrected chi connectivity index (χ3v) is 7.27. The van der Waals surface area contributed by atoms with E-state index in [1.54, 1.807) is 24.0 Å². The summed E-state index contributed by atoms with van der Waals surface area (Å²) in [6.07, 6.45) is 1.75. The molecular weight excluding hydrogens is 470 g/mol. The van der Waals surface area contributed by atoms with Gasteiger partial charge >= 0.3 is 6.03 Å². The fourth-order valence-electron chi connectivity index (χ4n) is 4.99. The molecule has 10 heteroatoms. The molecule has 2 aliphatic heterocycles. The van der Waals surface area contributed by atoms with Crippen LogP contribution in [0.4, 0.5) is 25.1 Å². The largest absolute Gasteiger partial charge is 0.475 e. The molecule has 8 nitrogen and oxygen atoms in total. The van der Waals surface area contributed by atoms with Gasteiger partial charge in [-0.1, -0.05) is 0 Å². The molecule has 0 radical (unpaired) electrons. The number of nitrogens with one attached hydrogen (secondary N) is 1. The summed E-state index contributed by atoms with van der Waals surface area (Å²) in [5.74, 6) is 0.361. The molecule has 1 atom stereocenters. The third kappa shape index (κ3) is 5.24. The van der Waals surface area contributed by atoms with Crippen molar-refractivity contribution >= 4 is 17.5 Å². The fourth-order valence-corrected chi connectivity index (χ4v) is 4.99. The predicted octanol–water partition coefficient (Wildman–Crippen LogP) is 3.76. The highest BCUT2D eigenvalue weighted by atomic mass is 19.1. The molecule has 2 saturated heterocycles. The molecule has 0 spiro atoms. The minimum Gasteiger partial charge on any atom is -0.475 e. The van der Waals surface area contributed by atoms with Gasteiger partial charge in [-0.3, -0.25) is 0 Å². The van der Waals surface area contributed by atoms with Gasteiger partial charge in [0.05, 0.1) is 25.5 Å². The van der Waals surface area contributed by atoms with Crippen molar-refractivity contribution in [2.24, 2.45) is 5.92 Å². The average Bonchev–Trinajstić information content (AvgIpc) is 3.42.